The van der Waals surface area contributed by atoms with Crippen molar-refractivity contribution < 1.29 is 27.8 Å². The van der Waals surface area contributed by atoms with Gasteiger partial charge < -0.3 is 19.5 Å². The molecule has 0 aliphatic carbocycles. The van der Waals surface area contributed by atoms with E-state index in [9.17, 15) is 18.3 Å². The average molecular weight is 444 g/mol. The van der Waals surface area contributed by atoms with Crippen molar-refractivity contribution in [1.29, 1.82) is 0 Å². The normalized spacial score (nSPS) is 17.8. The number of halogens is 3. The summed E-state index contributed by atoms with van der Waals surface area (Å²) in [6.07, 6.45) is -3.24. The van der Waals surface area contributed by atoms with Gasteiger partial charge in [0.2, 0.25) is 5.88 Å². The number of benzene rings is 2. The van der Waals surface area contributed by atoms with E-state index in [4.69, 9.17) is 4.74 Å². The van der Waals surface area contributed by atoms with Gasteiger partial charge >= 0.3 is 6.36 Å². The molecular weight excluding hydrogens is 421 g/mol. The molecule has 0 amide bonds. The Bertz CT molecular complexity index is 1050. The van der Waals surface area contributed by atoms with E-state index in [2.05, 4.69) is 14.6 Å². The number of rotatable bonds is 6. The summed E-state index contributed by atoms with van der Waals surface area (Å²) in [5.41, 5.74) is -1.06. The van der Waals surface area contributed by atoms with Gasteiger partial charge in [0.1, 0.15) is 17.1 Å². The number of pyridine rings is 1. The minimum absolute atomic E-state index is 0.343. The molecule has 0 saturated carbocycles. The van der Waals surface area contributed by atoms with Gasteiger partial charge in [0, 0.05) is 36.3 Å². The van der Waals surface area contributed by atoms with E-state index in [0.29, 0.717) is 35.8 Å². The van der Waals surface area contributed by atoms with Gasteiger partial charge in [-0.2, -0.15) is 0 Å². The summed E-state index contributed by atoms with van der Waals surface area (Å²) in [6, 6.07) is 17.9. The van der Waals surface area contributed by atoms with E-state index in [1.54, 1.807) is 18.3 Å². The second-order valence-electron chi connectivity index (χ2n) is 8.32. The Morgan fingerprint density at radius 3 is 2.06 bits per heavy atom. The average Bonchev–Trinajstić information content (AvgIpc) is 2.73. The lowest BCUT2D eigenvalue weighted by Gasteiger charge is -2.55. The van der Waals surface area contributed by atoms with Crippen LogP contribution in [0.3, 0.4) is 0 Å². The summed E-state index contributed by atoms with van der Waals surface area (Å²) in [4.78, 5) is 6.42. The van der Waals surface area contributed by atoms with Crippen LogP contribution in [0.1, 0.15) is 18.1 Å². The number of ether oxygens (including phenoxy) is 2. The maximum Gasteiger partial charge on any atom is 0.573 e. The molecule has 0 radical (unpaired) electrons. The predicted molar refractivity (Wildman–Crippen MR) is 112 cm³/mol. The smallest absolute Gasteiger partial charge is 0.439 e. The first kappa shape index (κ1) is 22.1. The number of hydrogen-bond acceptors (Lipinski definition) is 5. The molecule has 0 bridgehead atoms. The van der Waals surface area contributed by atoms with Crippen LogP contribution in [0.25, 0.3) is 0 Å². The molecule has 1 aromatic heterocycles. The van der Waals surface area contributed by atoms with Crippen molar-refractivity contribution in [2.45, 2.75) is 18.9 Å². The predicted octanol–water partition coefficient (Wildman–Crippen LogP) is 4.96. The summed E-state index contributed by atoms with van der Waals surface area (Å²) in [5, 5.41) is 12.0. The molecule has 168 valence electrons. The lowest BCUT2D eigenvalue weighted by Crippen LogP contribution is -2.63. The van der Waals surface area contributed by atoms with Crippen molar-refractivity contribution in [3.63, 3.8) is 0 Å². The number of alkyl halides is 3. The first-order valence-electron chi connectivity index (χ1n) is 10.1. The Morgan fingerprint density at radius 2 is 1.53 bits per heavy atom. The lowest BCUT2D eigenvalue weighted by molar-refractivity contribution is -0.274. The quantitative estimate of drug-likeness (QED) is 0.583. The molecule has 32 heavy (non-hydrogen) atoms. The van der Waals surface area contributed by atoms with Crippen molar-refractivity contribution in [3.05, 3.63) is 84.1 Å². The van der Waals surface area contributed by atoms with Gasteiger partial charge in [0.05, 0.1) is 0 Å². The number of nitrogens with zero attached hydrogens (tertiary/aromatic N) is 2. The molecule has 1 fully saturated rings. The van der Waals surface area contributed by atoms with Crippen LogP contribution in [0.2, 0.25) is 0 Å². The van der Waals surface area contributed by atoms with E-state index >= 15 is 0 Å². The molecule has 1 saturated heterocycles. The van der Waals surface area contributed by atoms with Gasteiger partial charge in [-0.15, -0.1) is 13.2 Å². The second kappa shape index (κ2) is 8.11. The highest BCUT2D eigenvalue weighted by Gasteiger charge is 2.55. The highest BCUT2D eigenvalue weighted by atomic mass is 19.4. The monoisotopic (exact) mass is 444 g/mol. The zero-order chi connectivity index (χ0) is 23.0. The molecule has 1 N–H and O–H groups in total. The van der Waals surface area contributed by atoms with Gasteiger partial charge in [0.25, 0.3) is 0 Å². The van der Waals surface area contributed by atoms with Crippen LogP contribution < -0.4 is 9.47 Å². The van der Waals surface area contributed by atoms with Gasteiger partial charge in [-0.05, 0) is 42.9 Å². The summed E-state index contributed by atoms with van der Waals surface area (Å²) >= 11 is 0. The molecule has 0 spiro atoms. The fraction of sp³-hybridized carbons (Fsp3) is 0.292. The van der Waals surface area contributed by atoms with Crippen LogP contribution in [0.5, 0.6) is 17.4 Å². The summed E-state index contributed by atoms with van der Waals surface area (Å²) in [7, 11) is 1.94. The third kappa shape index (κ3) is 4.28. The number of para-hydroxylation sites is 1. The number of hydrogen-bond donors (Lipinski definition) is 1. The SMILES string of the molecule is CN1CC(C)(C(O)(c2ccc(OC(F)(F)F)cc2)c2ccc(Oc3ccccc3)nc2)C1. The van der Waals surface area contributed by atoms with Crippen molar-refractivity contribution in [3.8, 4) is 17.4 Å². The van der Waals surface area contributed by atoms with Crippen molar-refractivity contribution >= 4 is 0 Å². The van der Waals surface area contributed by atoms with Crippen LogP contribution in [-0.4, -0.2) is 41.5 Å². The summed E-state index contributed by atoms with van der Waals surface area (Å²) in [5.74, 6) is 0.659. The molecule has 1 unspecified atom stereocenters. The van der Waals surface area contributed by atoms with Crippen LogP contribution in [0, 0.1) is 5.41 Å². The first-order chi connectivity index (χ1) is 15.1. The van der Waals surface area contributed by atoms with Crippen molar-refractivity contribution in [1.82, 2.24) is 9.88 Å². The minimum Gasteiger partial charge on any atom is -0.439 e. The third-order valence-electron chi connectivity index (χ3n) is 5.74. The fourth-order valence-corrected chi connectivity index (χ4v) is 4.40. The number of likely N-dealkylation sites (tertiary alicyclic amines) is 1. The van der Waals surface area contributed by atoms with Crippen LogP contribution in [0.15, 0.2) is 72.9 Å². The fourth-order valence-electron chi connectivity index (χ4n) is 4.40. The van der Waals surface area contributed by atoms with E-state index < -0.39 is 17.4 Å². The molecule has 3 aromatic rings. The third-order valence-corrected chi connectivity index (χ3v) is 5.74. The molecule has 2 heterocycles. The molecule has 1 atom stereocenters. The van der Waals surface area contributed by atoms with Gasteiger partial charge in [-0.3, -0.25) is 0 Å². The lowest BCUT2D eigenvalue weighted by atomic mass is 9.62. The zero-order valence-corrected chi connectivity index (χ0v) is 17.6. The molecule has 1 aliphatic heterocycles. The largest absolute Gasteiger partial charge is 0.573 e. The molecule has 4 rings (SSSR count). The van der Waals surface area contributed by atoms with Crippen molar-refractivity contribution in [2.75, 3.05) is 20.1 Å². The maximum atomic E-state index is 12.5. The Hall–Kier alpha value is -3.10. The Balaban J connectivity index is 1.66. The Labute approximate surface area is 184 Å². The molecule has 5 nitrogen and oxygen atoms in total. The molecular formula is C24H23F3N2O3. The molecule has 1 aliphatic rings. The van der Waals surface area contributed by atoms with Crippen LogP contribution in [0.4, 0.5) is 13.2 Å². The minimum atomic E-state index is -4.78. The maximum absolute atomic E-state index is 12.5. The zero-order valence-electron chi connectivity index (χ0n) is 17.6. The summed E-state index contributed by atoms with van der Waals surface area (Å²) < 4.78 is 47.3. The molecule has 2 aromatic carbocycles. The second-order valence-corrected chi connectivity index (χ2v) is 8.32. The van der Waals surface area contributed by atoms with Gasteiger partial charge in [0.15, 0.2) is 0 Å². The van der Waals surface area contributed by atoms with E-state index in [1.807, 2.05) is 44.3 Å². The molecule has 8 heteroatoms. The van der Waals surface area contributed by atoms with Crippen LogP contribution in [-0.2, 0) is 5.60 Å². The van der Waals surface area contributed by atoms with E-state index in [-0.39, 0.29) is 5.75 Å². The number of aliphatic hydroxyl groups is 1. The van der Waals surface area contributed by atoms with Gasteiger partial charge in [-0.1, -0.05) is 37.3 Å². The van der Waals surface area contributed by atoms with E-state index in [0.717, 1.165) is 0 Å². The Morgan fingerprint density at radius 1 is 0.906 bits per heavy atom. The van der Waals surface area contributed by atoms with Crippen LogP contribution >= 0.6 is 0 Å². The standard InChI is InChI=1S/C24H23F3N2O3/c1-22(15-29(2)16-22)23(30,17-8-11-20(12-9-17)32-24(25,26)27)18-10-13-21(28-14-18)31-19-6-4-3-5-7-19/h3-14,30H,15-16H2,1-2H3. The summed E-state index contributed by atoms with van der Waals surface area (Å²) in [6.45, 7) is 3.15. The number of aromatic nitrogens is 1. The highest BCUT2D eigenvalue weighted by molar-refractivity contribution is 5.42. The topological polar surface area (TPSA) is 54.8 Å². The van der Waals surface area contributed by atoms with Crippen molar-refractivity contribution in [2.24, 2.45) is 5.41 Å². The van der Waals surface area contributed by atoms with Gasteiger partial charge in [-0.25, -0.2) is 4.98 Å². The first-order valence-corrected chi connectivity index (χ1v) is 10.1. The van der Waals surface area contributed by atoms with E-state index in [1.165, 1.54) is 24.3 Å². The highest BCUT2D eigenvalue weighted by Crippen LogP contribution is 2.50. The Kier molecular flexibility index (Phi) is 5.60.